The first-order valence-electron chi connectivity index (χ1n) is 5.95. The monoisotopic (exact) mass is 258 g/mol. The SMILES string of the molecule is CC(C)(C)NC(=O)CNC(=O)CC1(CS)CC1. The van der Waals surface area contributed by atoms with Gasteiger partial charge in [0.2, 0.25) is 11.8 Å². The molecule has 0 radical (unpaired) electrons. The highest BCUT2D eigenvalue weighted by Crippen LogP contribution is 2.49. The van der Waals surface area contributed by atoms with Crippen molar-refractivity contribution < 1.29 is 9.59 Å². The molecule has 1 aliphatic rings. The van der Waals surface area contributed by atoms with Crippen LogP contribution in [0.1, 0.15) is 40.0 Å². The Bertz CT molecular complexity index is 306. The Morgan fingerprint density at radius 1 is 1.24 bits per heavy atom. The Morgan fingerprint density at radius 2 is 1.82 bits per heavy atom. The maximum atomic E-state index is 11.6. The molecular weight excluding hydrogens is 236 g/mol. The molecule has 0 aromatic carbocycles. The third-order valence-corrected chi connectivity index (χ3v) is 3.46. The zero-order valence-corrected chi connectivity index (χ0v) is 11.7. The number of hydrogen-bond donors (Lipinski definition) is 3. The molecule has 5 heteroatoms. The van der Waals surface area contributed by atoms with Crippen LogP contribution in [-0.2, 0) is 9.59 Å². The molecule has 0 atom stereocenters. The van der Waals surface area contributed by atoms with Gasteiger partial charge in [0, 0.05) is 12.0 Å². The summed E-state index contributed by atoms with van der Waals surface area (Å²) >= 11 is 4.24. The molecule has 0 saturated heterocycles. The maximum Gasteiger partial charge on any atom is 0.239 e. The molecule has 0 spiro atoms. The fourth-order valence-electron chi connectivity index (χ4n) is 1.61. The van der Waals surface area contributed by atoms with Crippen molar-refractivity contribution in [1.82, 2.24) is 10.6 Å². The van der Waals surface area contributed by atoms with Gasteiger partial charge in [0.1, 0.15) is 0 Å². The first kappa shape index (κ1) is 14.4. The van der Waals surface area contributed by atoms with Gasteiger partial charge in [0.25, 0.3) is 0 Å². The van der Waals surface area contributed by atoms with Crippen molar-refractivity contribution in [3.63, 3.8) is 0 Å². The number of carbonyl (C=O) groups is 2. The van der Waals surface area contributed by atoms with Crippen molar-refractivity contribution >= 4 is 24.4 Å². The molecule has 0 aromatic heterocycles. The lowest BCUT2D eigenvalue weighted by molar-refractivity contribution is -0.127. The molecule has 2 amide bonds. The number of rotatable bonds is 5. The van der Waals surface area contributed by atoms with Crippen LogP contribution in [0.15, 0.2) is 0 Å². The molecule has 1 saturated carbocycles. The van der Waals surface area contributed by atoms with E-state index in [4.69, 9.17) is 0 Å². The number of hydrogen-bond acceptors (Lipinski definition) is 3. The van der Waals surface area contributed by atoms with Crippen LogP contribution in [0.2, 0.25) is 0 Å². The van der Waals surface area contributed by atoms with Gasteiger partial charge in [-0.2, -0.15) is 12.6 Å². The second-order valence-corrected chi connectivity index (χ2v) is 6.23. The summed E-state index contributed by atoms with van der Waals surface area (Å²) in [7, 11) is 0. The first-order chi connectivity index (χ1) is 7.76. The number of thiol groups is 1. The Labute approximate surface area is 108 Å². The lowest BCUT2D eigenvalue weighted by Gasteiger charge is -2.20. The lowest BCUT2D eigenvalue weighted by atomic mass is 10.1. The van der Waals surface area contributed by atoms with E-state index in [-0.39, 0.29) is 29.3 Å². The minimum atomic E-state index is -0.259. The van der Waals surface area contributed by atoms with Gasteiger partial charge in [0.05, 0.1) is 6.54 Å². The standard InChI is InChI=1S/C12H22N2O2S/c1-11(2,3)14-10(16)7-13-9(15)6-12(8-17)4-5-12/h17H,4-8H2,1-3H3,(H,13,15)(H,14,16). The molecule has 17 heavy (non-hydrogen) atoms. The summed E-state index contributed by atoms with van der Waals surface area (Å²) in [5.74, 6) is 0.538. The molecule has 0 aromatic rings. The molecule has 4 nitrogen and oxygen atoms in total. The summed E-state index contributed by atoms with van der Waals surface area (Å²) in [6, 6.07) is 0. The third-order valence-electron chi connectivity index (χ3n) is 2.79. The quantitative estimate of drug-likeness (QED) is 0.647. The van der Waals surface area contributed by atoms with Crippen LogP contribution in [0, 0.1) is 5.41 Å². The Morgan fingerprint density at radius 3 is 2.24 bits per heavy atom. The molecule has 1 aliphatic carbocycles. The number of amides is 2. The van der Waals surface area contributed by atoms with Gasteiger partial charge in [0.15, 0.2) is 0 Å². The summed E-state index contributed by atoms with van der Waals surface area (Å²) in [6.07, 6.45) is 2.62. The van der Waals surface area contributed by atoms with Crippen LogP contribution in [-0.4, -0.2) is 29.7 Å². The van der Waals surface area contributed by atoms with E-state index in [0.717, 1.165) is 18.6 Å². The molecule has 0 aliphatic heterocycles. The molecule has 2 N–H and O–H groups in total. The van der Waals surface area contributed by atoms with E-state index < -0.39 is 0 Å². The van der Waals surface area contributed by atoms with Crippen LogP contribution in [0.25, 0.3) is 0 Å². The largest absolute Gasteiger partial charge is 0.350 e. The highest BCUT2D eigenvalue weighted by atomic mass is 32.1. The zero-order valence-electron chi connectivity index (χ0n) is 10.8. The second kappa shape index (κ2) is 5.29. The van der Waals surface area contributed by atoms with Crippen molar-refractivity contribution in [2.75, 3.05) is 12.3 Å². The normalized spacial score (nSPS) is 17.4. The minimum Gasteiger partial charge on any atom is -0.350 e. The summed E-state index contributed by atoms with van der Waals surface area (Å²) in [5, 5.41) is 5.45. The highest BCUT2D eigenvalue weighted by Gasteiger charge is 2.42. The molecule has 98 valence electrons. The first-order valence-corrected chi connectivity index (χ1v) is 6.58. The van der Waals surface area contributed by atoms with E-state index >= 15 is 0 Å². The fraction of sp³-hybridized carbons (Fsp3) is 0.833. The molecule has 0 heterocycles. The average molecular weight is 258 g/mol. The predicted octanol–water partition coefficient (Wildman–Crippen LogP) is 1.12. The topological polar surface area (TPSA) is 58.2 Å². The van der Waals surface area contributed by atoms with Gasteiger partial charge in [-0.1, -0.05) is 0 Å². The Kier molecular flexibility index (Phi) is 4.47. The van der Waals surface area contributed by atoms with Gasteiger partial charge >= 0.3 is 0 Å². The number of carbonyl (C=O) groups excluding carboxylic acids is 2. The maximum absolute atomic E-state index is 11.6. The number of nitrogens with one attached hydrogen (secondary N) is 2. The van der Waals surface area contributed by atoms with Crippen molar-refractivity contribution in [2.45, 2.75) is 45.6 Å². The highest BCUT2D eigenvalue weighted by molar-refractivity contribution is 7.80. The van der Waals surface area contributed by atoms with Crippen LogP contribution < -0.4 is 10.6 Å². The Hall–Kier alpha value is -0.710. The molecule has 0 bridgehead atoms. The molecule has 1 fully saturated rings. The van der Waals surface area contributed by atoms with Gasteiger partial charge in [-0.05, 0) is 44.8 Å². The summed E-state index contributed by atoms with van der Waals surface area (Å²) < 4.78 is 0. The summed E-state index contributed by atoms with van der Waals surface area (Å²) in [5.41, 5.74) is -0.154. The molecule has 1 rings (SSSR count). The van der Waals surface area contributed by atoms with Crippen molar-refractivity contribution in [3.05, 3.63) is 0 Å². The van der Waals surface area contributed by atoms with Crippen LogP contribution in [0.5, 0.6) is 0 Å². The second-order valence-electron chi connectivity index (χ2n) is 5.91. The van der Waals surface area contributed by atoms with Crippen LogP contribution >= 0.6 is 12.6 Å². The fourth-order valence-corrected chi connectivity index (χ4v) is 2.04. The predicted molar refractivity (Wildman–Crippen MR) is 71.0 cm³/mol. The van der Waals surface area contributed by atoms with Crippen LogP contribution in [0.3, 0.4) is 0 Å². The summed E-state index contributed by atoms with van der Waals surface area (Å²) in [6.45, 7) is 5.78. The van der Waals surface area contributed by atoms with E-state index in [0.29, 0.717) is 6.42 Å². The minimum absolute atomic E-state index is 0.0543. The lowest BCUT2D eigenvalue weighted by Crippen LogP contribution is -2.46. The van der Waals surface area contributed by atoms with E-state index in [1.54, 1.807) is 0 Å². The zero-order chi connectivity index (χ0) is 13.1. The average Bonchev–Trinajstić information content (AvgIpc) is 2.93. The van der Waals surface area contributed by atoms with Gasteiger partial charge in [-0.15, -0.1) is 0 Å². The van der Waals surface area contributed by atoms with Gasteiger partial charge in [-0.3, -0.25) is 9.59 Å². The van der Waals surface area contributed by atoms with E-state index in [1.807, 2.05) is 20.8 Å². The smallest absolute Gasteiger partial charge is 0.239 e. The van der Waals surface area contributed by atoms with Gasteiger partial charge < -0.3 is 10.6 Å². The molecular formula is C12H22N2O2S. The summed E-state index contributed by atoms with van der Waals surface area (Å²) in [4.78, 5) is 23.1. The van der Waals surface area contributed by atoms with E-state index in [1.165, 1.54) is 0 Å². The van der Waals surface area contributed by atoms with Crippen molar-refractivity contribution in [3.8, 4) is 0 Å². The van der Waals surface area contributed by atoms with Gasteiger partial charge in [-0.25, -0.2) is 0 Å². The van der Waals surface area contributed by atoms with Crippen molar-refractivity contribution in [2.24, 2.45) is 5.41 Å². The van der Waals surface area contributed by atoms with Crippen LogP contribution in [0.4, 0.5) is 0 Å². The Balaban J connectivity index is 2.22. The van der Waals surface area contributed by atoms with E-state index in [9.17, 15) is 9.59 Å². The molecule has 0 unspecified atom stereocenters. The van der Waals surface area contributed by atoms with E-state index in [2.05, 4.69) is 23.3 Å². The van der Waals surface area contributed by atoms with Crippen molar-refractivity contribution in [1.29, 1.82) is 0 Å². The third kappa shape index (κ3) is 5.44.